The van der Waals surface area contributed by atoms with E-state index in [9.17, 15) is 0 Å². The van der Waals surface area contributed by atoms with Crippen molar-refractivity contribution < 1.29 is 9.47 Å². The second-order valence-electron chi connectivity index (χ2n) is 7.07. The van der Waals surface area contributed by atoms with Crippen LogP contribution in [0.15, 0.2) is 48.9 Å². The molecule has 0 saturated carbocycles. The van der Waals surface area contributed by atoms with Crippen molar-refractivity contribution in [2.45, 2.75) is 31.6 Å². The van der Waals surface area contributed by atoms with Crippen LogP contribution in [0.4, 0.5) is 0 Å². The van der Waals surface area contributed by atoms with Gasteiger partial charge >= 0.3 is 0 Å². The van der Waals surface area contributed by atoms with E-state index in [4.69, 9.17) is 9.47 Å². The maximum Gasteiger partial charge on any atom is 0.0964 e. The average Bonchev–Trinajstić information content (AvgIpc) is 3.04. The number of nitrogens with zero attached hydrogens (tertiary/aromatic N) is 3. The van der Waals surface area contributed by atoms with E-state index in [1.807, 2.05) is 42.9 Å². The molecule has 1 spiro atoms. The lowest BCUT2D eigenvalue weighted by atomic mass is 9.79. The molecule has 25 heavy (non-hydrogen) atoms. The minimum Gasteiger partial charge on any atom is -0.375 e. The number of hydrogen-bond acceptors (Lipinski definition) is 5. The van der Waals surface area contributed by atoms with Crippen molar-refractivity contribution in [3.63, 3.8) is 0 Å². The first-order valence-electron chi connectivity index (χ1n) is 9.07. The van der Waals surface area contributed by atoms with E-state index in [-0.39, 0.29) is 5.60 Å². The van der Waals surface area contributed by atoms with E-state index in [1.165, 1.54) is 5.56 Å². The largest absolute Gasteiger partial charge is 0.375 e. The van der Waals surface area contributed by atoms with Gasteiger partial charge in [-0.05, 0) is 42.5 Å². The van der Waals surface area contributed by atoms with Crippen LogP contribution in [0.3, 0.4) is 0 Å². The maximum absolute atomic E-state index is 6.15. The summed E-state index contributed by atoms with van der Waals surface area (Å²) in [6.45, 7) is 5.25. The fraction of sp³-hybridized carbons (Fsp3) is 0.500. The van der Waals surface area contributed by atoms with Gasteiger partial charge in [0.15, 0.2) is 0 Å². The molecule has 132 valence electrons. The molecular weight excluding hydrogens is 314 g/mol. The molecule has 2 aromatic heterocycles. The minimum atomic E-state index is 0.0521. The number of rotatable bonds is 7. The third-order valence-electron chi connectivity index (χ3n) is 5.30. The molecule has 5 nitrogen and oxygen atoms in total. The predicted octanol–water partition coefficient (Wildman–Crippen LogP) is 2.67. The van der Waals surface area contributed by atoms with Gasteiger partial charge in [0, 0.05) is 51.4 Å². The highest BCUT2D eigenvalue weighted by Gasteiger charge is 2.52. The van der Waals surface area contributed by atoms with Gasteiger partial charge in [0.25, 0.3) is 0 Å². The van der Waals surface area contributed by atoms with Gasteiger partial charge in [0.1, 0.15) is 0 Å². The second-order valence-corrected chi connectivity index (χ2v) is 7.07. The summed E-state index contributed by atoms with van der Waals surface area (Å²) in [6.07, 6.45) is 7.79. The Morgan fingerprint density at radius 2 is 2.16 bits per heavy atom. The Kier molecular flexibility index (Phi) is 5.06. The first-order valence-corrected chi connectivity index (χ1v) is 9.07. The Morgan fingerprint density at radius 1 is 1.20 bits per heavy atom. The van der Waals surface area contributed by atoms with Crippen LogP contribution in [0.2, 0.25) is 0 Å². The smallest absolute Gasteiger partial charge is 0.0964 e. The summed E-state index contributed by atoms with van der Waals surface area (Å²) in [5, 5.41) is 0. The van der Waals surface area contributed by atoms with Crippen molar-refractivity contribution in [3.8, 4) is 0 Å². The van der Waals surface area contributed by atoms with Gasteiger partial charge in [-0.15, -0.1) is 0 Å². The summed E-state index contributed by atoms with van der Waals surface area (Å²) in [6, 6.07) is 10.1. The van der Waals surface area contributed by atoms with E-state index >= 15 is 0 Å². The fourth-order valence-corrected chi connectivity index (χ4v) is 4.00. The van der Waals surface area contributed by atoms with Crippen molar-refractivity contribution >= 4 is 0 Å². The zero-order valence-corrected chi connectivity index (χ0v) is 14.5. The summed E-state index contributed by atoms with van der Waals surface area (Å²) in [4.78, 5) is 10.9. The van der Waals surface area contributed by atoms with Crippen LogP contribution in [-0.4, -0.2) is 46.8 Å². The summed E-state index contributed by atoms with van der Waals surface area (Å²) in [7, 11) is 0. The van der Waals surface area contributed by atoms with E-state index in [0.717, 1.165) is 51.4 Å². The van der Waals surface area contributed by atoms with Crippen LogP contribution < -0.4 is 0 Å². The molecular formula is C20H25N3O2. The van der Waals surface area contributed by atoms with Crippen LogP contribution in [0.5, 0.6) is 0 Å². The Morgan fingerprint density at radius 3 is 2.96 bits per heavy atom. The predicted molar refractivity (Wildman–Crippen MR) is 94.8 cm³/mol. The molecule has 2 aliphatic rings. The number of hydrogen-bond donors (Lipinski definition) is 0. The standard InChI is InChI=1S/C20H25N3O2/c1-2-9-22-19(5-1)14-24-10-6-18-7-11-25-20(18)15-23(16-20)13-17-4-3-8-21-12-17/h1-5,8-9,12,18H,6-7,10-11,13-16H2/t18-/m1/s1. The first kappa shape index (κ1) is 16.6. The average molecular weight is 339 g/mol. The highest BCUT2D eigenvalue weighted by molar-refractivity contribution is 5.12. The summed E-state index contributed by atoms with van der Waals surface area (Å²) in [5.41, 5.74) is 2.31. The lowest BCUT2D eigenvalue weighted by Gasteiger charge is -2.50. The van der Waals surface area contributed by atoms with E-state index < -0.39 is 0 Å². The van der Waals surface area contributed by atoms with Gasteiger partial charge in [-0.1, -0.05) is 12.1 Å². The molecule has 0 unspecified atom stereocenters. The number of likely N-dealkylation sites (tertiary alicyclic amines) is 1. The fourth-order valence-electron chi connectivity index (χ4n) is 4.00. The van der Waals surface area contributed by atoms with Gasteiger partial charge in [-0.2, -0.15) is 0 Å². The quantitative estimate of drug-likeness (QED) is 0.726. The molecule has 2 fully saturated rings. The van der Waals surface area contributed by atoms with Crippen molar-refractivity contribution in [3.05, 3.63) is 60.2 Å². The van der Waals surface area contributed by atoms with Crippen LogP contribution in [0.25, 0.3) is 0 Å². The topological polar surface area (TPSA) is 47.5 Å². The zero-order chi connectivity index (χ0) is 17.0. The third-order valence-corrected chi connectivity index (χ3v) is 5.30. The Bertz CT molecular complexity index is 659. The van der Waals surface area contributed by atoms with Crippen molar-refractivity contribution in [1.82, 2.24) is 14.9 Å². The second kappa shape index (κ2) is 7.60. The van der Waals surface area contributed by atoms with Crippen molar-refractivity contribution in [2.75, 3.05) is 26.3 Å². The highest BCUT2D eigenvalue weighted by Crippen LogP contribution is 2.42. The molecule has 4 heterocycles. The molecule has 0 bridgehead atoms. The van der Waals surface area contributed by atoms with Crippen molar-refractivity contribution in [1.29, 1.82) is 0 Å². The third kappa shape index (κ3) is 3.89. The zero-order valence-electron chi connectivity index (χ0n) is 14.5. The molecule has 4 rings (SSSR count). The van der Waals surface area contributed by atoms with E-state index in [1.54, 1.807) is 0 Å². The lowest BCUT2D eigenvalue weighted by molar-refractivity contribution is -0.139. The van der Waals surface area contributed by atoms with Crippen LogP contribution in [0.1, 0.15) is 24.1 Å². The number of pyridine rings is 2. The van der Waals surface area contributed by atoms with Gasteiger partial charge in [0.05, 0.1) is 17.9 Å². The summed E-state index contributed by atoms with van der Waals surface area (Å²) in [5.74, 6) is 0.599. The molecule has 0 amide bonds. The first-order chi connectivity index (χ1) is 12.3. The maximum atomic E-state index is 6.15. The normalized spacial score (nSPS) is 22.2. The molecule has 0 N–H and O–H groups in total. The van der Waals surface area contributed by atoms with Gasteiger partial charge < -0.3 is 9.47 Å². The number of aromatic nitrogens is 2. The van der Waals surface area contributed by atoms with E-state index in [2.05, 4.69) is 20.9 Å². The Hall–Kier alpha value is -1.82. The Balaban J connectivity index is 1.22. The molecule has 0 aromatic carbocycles. The van der Waals surface area contributed by atoms with Crippen molar-refractivity contribution in [2.24, 2.45) is 5.92 Å². The number of ether oxygens (including phenoxy) is 2. The monoisotopic (exact) mass is 339 g/mol. The molecule has 2 aromatic rings. The van der Waals surface area contributed by atoms with Crippen LogP contribution in [0, 0.1) is 5.92 Å². The van der Waals surface area contributed by atoms with E-state index in [0.29, 0.717) is 12.5 Å². The van der Waals surface area contributed by atoms with Gasteiger partial charge in [-0.3, -0.25) is 14.9 Å². The molecule has 0 radical (unpaired) electrons. The SMILES string of the molecule is c1ccc(COCC[C@@H]2CCOC23CN(Cc2cccnc2)C3)nc1. The lowest BCUT2D eigenvalue weighted by Crippen LogP contribution is -2.64. The van der Waals surface area contributed by atoms with Gasteiger partial charge in [-0.25, -0.2) is 0 Å². The minimum absolute atomic E-state index is 0.0521. The highest BCUT2D eigenvalue weighted by atomic mass is 16.5. The Labute approximate surface area is 149 Å². The van der Waals surface area contributed by atoms with Crippen LogP contribution in [-0.2, 0) is 22.6 Å². The summed E-state index contributed by atoms with van der Waals surface area (Å²) < 4.78 is 12.0. The molecule has 0 aliphatic carbocycles. The molecule has 5 heteroatoms. The summed E-state index contributed by atoms with van der Waals surface area (Å²) >= 11 is 0. The molecule has 1 atom stereocenters. The van der Waals surface area contributed by atoms with Gasteiger partial charge in [0.2, 0.25) is 0 Å². The van der Waals surface area contributed by atoms with Crippen LogP contribution >= 0.6 is 0 Å². The molecule has 2 aliphatic heterocycles. The molecule has 2 saturated heterocycles.